The molecule has 14 heteroatoms. The molecule has 0 aromatic rings. The molecular formula is C46H74N2O12. The van der Waals surface area contributed by atoms with E-state index in [0.29, 0.717) is 56.9 Å². The molecule has 2 saturated heterocycles. The summed E-state index contributed by atoms with van der Waals surface area (Å²) in [5.41, 5.74) is 0. The standard InChI is InChI=1S/C26H43NO6.C20H31NO6/c1-18-13-19(2)26(33)21(14-18)22(28)15-20-16-23(29)27(24(30)17-20)12-10-8-6-4-3-5-7-9-11-25(31)32;1-12-7-13(2)20(27)15(8-12)16(22)9-14-10-17(23)21(18(24)11-14)6-4-3-5-19(25)26/h18-22,28H,3-17H2,1-2H3,(H,31,32);12-16,22H,3-11H2,1-2H3,(H,25,26)/t18-,19?,21?,22+;12-,13?,15?,16+/m00/s1. The molecular weight excluding hydrogens is 773 g/mol. The number of carbonyl (C=O) groups excluding carboxylic acids is 6. The van der Waals surface area contributed by atoms with Gasteiger partial charge in [-0.15, -0.1) is 0 Å². The van der Waals surface area contributed by atoms with Gasteiger partial charge in [-0.25, -0.2) is 0 Å². The summed E-state index contributed by atoms with van der Waals surface area (Å²) >= 11 is 0. The highest BCUT2D eigenvalue weighted by atomic mass is 16.4. The van der Waals surface area contributed by atoms with Gasteiger partial charge in [-0.3, -0.25) is 48.2 Å². The number of aliphatic hydroxyl groups is 2. The van der Waals surface area contributed by atoms with E-state index < -0.39 is 30.1 Å². The Hall–Kier alpha value is -3.52. The Labute approximate surface area is 356 Å². The van der Waals surface area contributed by atoms with Gasteiger partial charge in [0.2, 0.25) is 23.6 Å². The molecule has 2 aliphatic heterocycles. The number of ketones is 2. The minimum Gasteiger partial charge on any atom is -0.481 e. The lowest BCUT2D eigenvalue weighted by Crippen LogP contribution is -2.45. The van der Waals surface area contributed by atoms with Crippen LogP contribution in [0.5, 0.6) is 0 Å². The van der Waals surface area contributed by atoms with Crippen molar-refractivity contribution in [1.29, 1.82) is 0 Å². The molecule has 2 aliphatic carbocycles. The maximum Gasteiger partial charge on any atom is 0.303 e. The number of likely N-dealkylation sites (tertiary alicyclic amines) is 2. The first-order valence-corrected chi connectivity index (χ1v) is 22.9. The second-order valence-corrected chi connectivity index (χ2v) is 18.8. The van der Waals surface area contributed by atoms with E-state index in [0.717, 1.165) is 64.2 Å². The molecule has 8 atom stereocenters. The number of carboxylic acid groups (broad SMARTS) is 2. The van der Waals surface area contributed by atoms with Crippen molar-refractivity contribution < 1.29 is 58.8 Å². The SMILES string of the molecule is CC1C[C@H](C)CC([C@H](O)CC2CC(=O)N(CCCCC(=O)O)C(=O)C2)C1=O.CC1C[C@H](C)CC([C@H](O)CC2CC(=O)N(CCCCCCCCCCC(=O)O)C(=O)C2)C1=O. The predicted octanol–water partition coefficient (Wildman–Crippen LogP) is 6.36. The van der Waals surface area contributed by atoms with E-state index in [1.54, 1.807) is 0 Å². The van der Waals surface area contributed by atoms with Crippen molar-refractivity contribution in [2.24, 2.45) is 47.3 Å². The van der Waals surface area contributed by atoms with Crippen LogP contribution in [0.3, 0.4) is 0 Å². The largest absolute Gasteiger partial charge is 0.481 e. The molecule has 4 aliphatic rings. The van der Waals surface area contributed by atoms with E-state index >= 15 is 0 Å². The summed E-state index contributed by atoms with van der Waals surface area (Å²) in [5.74, 6) is -2.75. The zero-order chi connectivity index (χ0) is 44.5. The van der Waals surface area contributed by atoms with Crippen molar-refractivity contribution in [3.8, 4) is 0 Å². The molecule has 4 rings (SSSR count). The van der Waals surface area contributed by atoms with Gasteiger partial charge >= 0.3 is 11.9 Å². The summed E-state index contributed by atoms with van der Waals surface area (Å²) in [6, 6.07) is 0. The Morgan fingerprint density at radius 2 is 0.800 bits per heavy atom. The van der Waals surface area contributed by atoms with E-state index in [1.165, 1.54) is 9.80 Å². The Morgan fingerprint density at radius 3 is 1.15 bits per heavy atom. The second kappa shape index (κ2) is 25.4. The molecule has 0 aromatic carbocycles. The molecule has 0 radical (unpaired) electrons. The molecule has 14 nitrogen and oxygen atoms in total. The fourth-order valence-corrected chi connectivity index (χ4v) is 10.0. The number of piperidine rings is 2. The fourth-order valence-electron chi connectivity index (χ4n) is 10.0. The first-order chi connectivity index (χ1) is 28.4. The van der Waals surface area contributed by atoms with Crippen molar-refractivity contribution in [3.63, 3.8) is 0 Å². The van der Waals surface area contributed by atoms with Crippen LogP contribution >= 0.6 is 0 Å². The van der Waals surface area contributed by atoms with E-state index in [1.807, 2.05) is 13.8 Å². The molecule has 0 bridgehead atoms. The van der Waals surface area contributed by atoms with Crippen LogP contribution in [0.1, 0.15) is 169 Å². The number of Topliss-reactive ketones (excluding diaryl/α,β-unsaturated/α-hetero) is 2. The van der Waals surface area contributed by atoms with Gasteiger partial charge in [-0.05, 0) is 87.9 Å². The Morgan fingerprint density at radius 1 is 0.500 bits per heavy atom. The van der Waals surface area contributed by atoms with E-state index in [2.05, 4.69) is 13.8 Å². The normalized spacial score (nSPS) is 26.8. The van der Waals surface area contributed by atoms with Crippen LogP contribution in [-0.2, 0) is 38.4 Å². The molecule has 4 amide bonds. The Balaban J connectivity index is 0.000000327. The summed E-state index contributed by atoms with van der Waals surface area (Å²) in [6.07, 6.45) is 11.9. The highest BCUT2D eigenvalue weighted by Gasteiger charge is 2.41. The quantitative estimate of drug-likeness (QED) is 0.0691. The number of hydrogen-bond donors (Lipinski definition) is 4. The van der Waals surface area contributed by atoms with Crippen molar-refractivity contribution >= 4 is 47.1 Å². The molecule has 0 spiro atoms. The van der Waals surface area contributed by atoms with Gasteiger partial charge in [0.1, 0.15) is 11.6 Å². The number of aliphatic carboxylic acids is 2. The Kier molecular flexibility index (Phi) is 21.5. The Bertz CT molecular complexity index is 1450. The van der Waals surface area contributed by atoms with E-state index in [-0.39, 0.29) is 110 Å². The number of unbranched alkanes of at least 4 members (excludes halogenated alkanes) is 8. The topological polar surface area (TPSA) is 224 Å². The number of rotatable bonds is 22. The highest BCUT2D eigenvalue weighted by Crippen LogP contribution is 2.37. The smallest absolute Gasteiger partial charge is 0.303 e. The van der Waals surface area contributed by atoms with E-state index in [4.69, 9.17) is 10.2 Å². The van der Waals surface area contributed by atoms with Crippen molar-refractivity contribution in [1.82, 2.24) is 9.80 Å². The van der Waals surface area contributed by atoms with Gasteiger partial charge < -0.3 is 20.4 Å². The summed E-state index contributed by atoms with van der Waals surface area (Å²) in [5, 5.41) is 38.5. The number of carbonyl (C=O) groups is 8. The van der Waals surface area contributed by atoms with Gasteiger partial charge in [0.05, 0.1) is 12.2 Å². The number of nitrogens with zero attached hydrogens (tertiary/aromatic N) is 2. The predicted molar refractivity (Wildman–Crippen MR) is 223 cm³/mol. The zero-order valence-corrected chi connectivity index (χ0v) is 36.7. The summed E-state index contributed by atoms with van der Waals surface area (Å²) in [7, 11) is 0. The van der Waals surface area contributed by atoms with Crippen LogP contribution in [-0.4, -0.2) is 103 Å². The lowest BCUT2D eigenvalue weighted by atomic mass is 9.71. The zero-order valence-electron chi connectivity index (χ0n) is 36.7. The average molecular weight is 847 g/mol. The fraction of sp³-hybridized carbons (Fsp3) is 0.826. The number of imide groups is 2. The number of carboxylic acids is 2. The summed E-state index contributed by atoms with van der Waals surface area (Å²) in [4.78, 5) is 98.2. The van der Waals surface area contributed by atoms with Gasteiger partial charge in [-0.1, -0.05) is 66.2 Å². The molecule has 4 N–H and O–H groups in total. The number of amides is 4. The first kappa shape index (κ1) is 50.8. The van der Waals surface area contributed by atoms with Crippen molar-refractivity contribution in [2.75, 3.05) is 13.1 Å². The van der Waals surface area contributed by atoms with Crippen LogP contribution in [0, 0.1) is 47.3 Å². The molecule has 4 unspecified atom stereocenters. The minimum atomic E-state index is -0.888. The average Bonchev–Trinajstić information content (AvgIpc) is 3.15. The third kappa shape index (κ3) is 16.7. The van der Waals surface area contributed by atoms with Crippen LogP contribution in [0.4, 0.5) is 0 Å². The highest BCUT2D eigenvalue weighted by molar-refractivity contribution is 5.98. The van der Waals surface area contributed by atoms with Crippen molar-refractivity contribution in [2.45, 2.75) is 181 Å². The van der Waals surface area contributed by atoms with Crippen LogP contribution in [0.2, 0.25) is 0 Å². The van der Waals surface area contributed by atoms with Crippen LogP contribution < -0.4 is 0 Å². The number of aliphatic hydroxyl groups excluding tert-OH is 2. The third-order valence-corrected chi connectivity index (χ3v) is 13.2. The van der Waals surface area contributed by atoms with Crippen molar-refractivity contribution in [3.05, 3.63) is 0 Å². The minimum absolute atomic E-state index is 0.0251. The van der Waals surface area contributed by atoms with Gasteiger partial charge in [0.15, 0.2) is 0 Å². The lowest BCUT2D eigenvalue weighted by molar-refractivity contribution is -0.152. The van der Waals surface area contributed by atoms with Gasteiger partial charge in [0, 0.05) is 75.3 Å². The molecule has 340 valence electrons. The molecule has 0 aromatic heterocycles. The monoisotopic (exact) mass is 847 g/mol. The lowest BCUT2D eigenvalue weighted by Gasteiger charge is -2.36. The summed E-state index contributed by atoms with van der Waals surface area (Å²) in [6.45, 7) is 8.71. The second-order valence-electron chi connectivity index (χ2n) is 18.8. The summed E-state index contributed by atoms with van der Waals surface area (Å²) < 4.78 is 0. The maximum atomic E-state index is 12.6. The molecule has 4 fully saturated rings. The molecule has 2 saturated carbocycles. The molecule has 60 heavy (non-hydrogen) atoms. The van der Waals surface area contributed by atoms with Crippen LogP contribution in [0.15, 0.2) is 0 Å². The molecule has 2 heterocycles. The third-order valence-electron chi connectivity index (χ3n) is 13.2. The number of hydrogen-bond acceptors (Lipinski definition) is 10. The van der Waals surface area contributed by atoms with E-state index in [9.17, 15) is 48.6 Å². The maximum absolute atomic E-state index is 12.6. The first-order valence-electron chi connectivity index (χ1n) is 22.9. The van der Waals surface area contributed by atoms with Crippen LogP contribution in [0.25, 0.3) is 0 Å². The van der Waals surface area contributed by atoms with Gasteiger partial charge in [0.25, 0.3) is 0 Å². The van der Waals surface area contributed by atoms with Gasteiger partial charge in [-0.2, -0.15) is 0 Å².